The van der Waals surface area contributed by atoms with Gasteiger partial charge in [0.25, 0.3) is 0 Å². The van der Waals surface area contributed by atoms with Crippen molar-refractivity contribution in [2.45, 2.75) is 52.2 Å². The van der Waals surface area contributed by atoms with Gasteiger partial charge in [-0.2, -0.15) is 0 Å². The molecule has 0 heterocycles. The molecular weight excluding hydrogens is 518 g/mol. The minimum atomic E-state index is -3.88. The highest BCUT2D eigenvalue weighted by atomic mass is 35.5. The van der Waals surface area contributed by atoms with E-state index in [1.165, 1.54) is 31.3 Å². The highest BCUT2D eigenvalue weighted by Crippen LogP contribution is 2.32. The minimum Gasteiger partial charge on any atom is -0.493 e. The Labute approximate surface area is 224 Å². The van der Waals surface area contributed by atoms with Crippen LogP contribution in [0.5, 0.6) is 11.5 Å². The average molecular weight is 554 g/mol. The largest absolute Gasteiger partial charge is 0.493 e. The number of sulfonamides is 1. The molecule has 0 spiro atoms. The molecule has 0 fully saturated rings. The van der Waals surface area contributed by atoms with E-state index >= 15 is 0 Å². The van der Waals surface area contributed by atoms with E-state index in [0.717, 1.165) is 17.0 Å². The highest BCUT2D eigenvalue weighted by Gasteiger charge is 2.32. The molecule has 0 aliphatic rings. The Morgan fingerprint density at radius 1 is 1.03 bits per heavy atom. The van der Waals surface area contributed by atoms with Gasteiger partial charge < -0.3 is 19.7 Å². The molecule has 204 valence electrons. The number of hydrogen-bond acceptors (Lipinski definition) is 6. The predicted molar refractivity (Wildman–Crippen MR) is 146 cm³/mol. The summed E-state index contributed by atoms with van der Waals surface area (Å²) in [5.74, 6) is -0.131. The minimum absolute atomic E-state index is 0.0362. The van der Waals surface area contributed by atoms with Crippen molar-refractivity contribution in [3.05, 3.63) is 53.1 Å². The molecule has 2 atom stereocenters. The van der Waals surface area contributed by atoms with Crippen LogP contribution >= 0.6 is 11.6 Å². The zero-order valence-corrected chi connectivity index (χ0v) is 23.7. The molecule has 2 rings (SSSR count). The number of ether oxygens (including phenoxy) is 2. The van der Waals surface area contributed by atoms with Crippen molar-refractivity contribution >= 4 is 39.1 Å². The molecule has 1 N–H and O–H groups in total. The molecule has 0 saturated heterocycles. The number of nitrogens with one attached hydrogen (secondary N) is 1. The van der Waals surface area contributed by atoms with Crippen molar-refractivity contribution in [3.63, 3.8) is 0 Å². The predicted octanol–water partition coefficient (Wildman–Crippen LogP) is 3.85. The maximum atomic E-state index is 13.8. The van der Waals surface area contributed by atoms with Crippen LogP contribution in [0.1, 0.15) is 39.2 Å². The van der Waals surface area contributed by atoms with Crippen LogP contribution < -0.4 is 19.1 Å². The molecule has 9 nitrogen and oxygen atoms in total. The number of halogens is 1. The highest BCUT2D eigenvalue weighted by molar-refractivity contribution is 7.92. The molecule has 2 amide bonds. The number of carbonyl (C=O) groups excluding carboxylic acids is 2. The van der Waals surface area contributed by atoms with E-state index in [4.69, 9.17) is 21.1 Å². The van der Waals surface area contributed by atoms with Crippen molar-refractivity contribution in [1.29, 1.82) is 0 Å². The SMILES string of the molecule is CC[C@H](C(=O)N[C@@H](C)CC)N(Cc1ccccc1Cl)C(=O)CN(c1ccc(OC)c(OC)c1)S(C)(=O)=O. The molecule has 37 heavy (non-hydrogen) atoms. The summed E-state index contributed by atoms with van der Waals surface area (Å²) in [6.07, 6.45) is 2.07. The molecular formula is C26H36ClN3O6S. The van der Waals surface area contributed by atoms with E-state index in [-0.39, 0.29) is 24.2 Å². The van der Waals surface area contributed by atoms with E-state index < -0.39 is 28.5 Å². The molecule has 0 aliphatic heterocycles. The fourth-order valence-electron chi connectivity index (χ4n) is 3.76. The van der Waals surface area contributed by atoms with Crippen molar-refractivity contribution in [3.8, 4) is 11.5 Å². The van der Waals surface area contributed by atoms with Gasteiger partial charge in [0.05, 0.1) is 26.2 Å². The third-order valence-electron chi connectivity index (χ3n) is 6.02. The average Bonchev–Trinajstić information content (AvgIpc) is 2.86. The summed E-state index contributed by atoms with van der Waals surface area (Å²) in [7, 11) is -0.980. The second-order valence-corrected chi connectivity index (χ2v) is 11.0. The van der Waals surface area contributed by atoms with Crippen molar-refractivity contribution in [2.24, 2.45) is 0 Å². The van der Waals surface area contributed by atoms with Gasteiger partial charge in [0.2, 0.25) is 21.8 Å². The van der Waals surface area contributed by atoms with E-state index in [0.29, 0.717) is 28.5 Å². The van der Waals surface area contributed by atoms with Gasteiger partial charge in [-0.3, -0.25) is 13.9 Å². The first-order valence-corrected chi connectivity index (χ1v) is 14.2. The maximum absolute atomic E-state index is 13.8. The lowest BCUT2D eigenvalue weighted by atomic mass is 10.1. The lowest BCUT2D eigenvalue weighted by Gasteiger charge is -2.33. The zero-order chi connectivity index (χ0) is 27.8. The van der Waals surface area contributed by atoms with Crippen LogP contribution in [0.4, 0.5) is 5.69 Å². The van der Waals surface area contributed by atoms with Crippen LogP contribution in [0.25, 0.3) is 0 Å². The molecule has 2 aromatic rings. The third-order valence-corrected chi connectivity index (χ3v) is 7.53. The maximum Gasteiger partial charge on any atom is 0.244 e. The Kier molecular flexibility index (Phi) is 11.1. The van der Waals surface area contributed by atoms with Crippen molar-refractivity contribution < 1.29 is 27.5 Å². The summed E-state index contributed by atoms with van der Waals surface area (Å²) >= 11 is 6.37. The van der Waals surface area contributed by atoms with Gasteiger partial charge in [-0.15, -0.1) is 0 Å². The topological polar surface area (TPSA) is 105 Å². The van der Waals surface area contributed by atoms with Gasteiger partial charge in [0.1, 0.15) is 12.6 Å². The molecule has 11 heteroatoms. The first-order valence-electron chi connectivity index (χ1n) is 12.0. The number of nitrogens with zero attached hydrogens (tertiary/aromatic N) is 2. The molecule has 0 aliphatic carbocycles. The number of methoxy groups -OCH3 is 2. The Hall–Kier alpha value is -2.98. The molecule has 0 aromatic heterocycles. The molecule has 0 saturated carbocycles. The normalized spacial score (nSPS) is 12.8. The summed E-state index contributed by atoms with van der Waals surface area (Å²) < 4.78 is 37.1. The number of amides is 2. The van der Waals surface area contributed by atoms with Crippen LogP contribution in [0.15, 0.2) is 42.5 Å². The fourth-order valence-corrected chi connectivity index (χ4v) is 4.80. The summed E-state index contributed by atoms with van der Waals surface area (Å²) in [6, 6.07) is 10.7. The van der Waals surface area contributed by atoms with Crippen LogP contribution in [-0.2, 0) is 26.2 Å². The number of carbonyl (C=O) groups is 2. The van der Waals surface area contributed by atoms with Crippen molar-refractivity contribution in [2.75, 3.05) is 31.3 Å². The number of anilines is 1. The van der Waals surface area contributed by atoms with Crippen LogP contribution in [0.3, 0.4) is 0 Å². The second-order valence-electron chi connectivity index (χ2n) is 8.66. The van der Waals surface area contributed by atoms with Gasteiger partial charge >= 0.3 is 0 Å². The number of hydrogen-bond donors (Lipinski definition) is 1. The lowest BCUT2D eigenvalue weighted by molar-refractivity contribution is -0.140. The van der Waals surface area contributed by atoms with Gasteiger partial charge in [-0.05, 0) is 43.5 Å². The summed E-state index contributed by atoms with van der Waals surface area (Å²) in [6.45, 7) is 5.15. The van der Waals surface area contributed by atoms with Gasteiger partial charge in [-0.1, -0.05) is 43.6 Å². The van der Waals surface area contributed by atoms with Crippen LogP contribution in [0.2, 0.25) is 5.02 Å². The quantitative estimate of drug-likeness (QED) is 0.404. The standard InChI is InChI=1S/C26H36ClN3O6S/c1-7-18(3)28-26(32)22(8-2)29(16-19-11-9-10-12-21(19)27)25(31)17-30(37(6,33)34)20-13-14-23(35-4)24(15-20)36-5/h9-15,18,22H,7-8,16-17H2,1-6H3,(H,28,32)/t18-,22+/m0/s1. The Morgan fingerprint density at radius 3 is 2.22 bits per heavy atom. The Bertz CT molecular complexity index is 1190. The monoisotopic (exact) mass is 553 g/mol. The fraction of sp³-hybridized carbons (Fsp3) is 0.462. The molecule has 0 unspecified atom stereocenters. The first-order chi connectivity index (χ1) is 17.5. The lowest BCUT2D eigenvalue weighted by Crippen LogP contribution is -2.53. The summed E-state index contributed by atoms with van der Waals surface area (Å²) in [5, 5.41) is 3.37. The zero-order valence-electron chi connectivity index (χ0n) is 22.2. The Balaban J connectivity index is 2.50. The summed E-state index contributed by atoms with van der Waals surface area (Å²) in [5.41, 5.74) is 0.868. The van der Waals surface area contributed by atoms with E-state index in [1.807, 2.05) is 13.8 Å². The van der Waals surface area contributed by atoms with E-state index in [2.05, 4.69) is 5.32 Å². The molecule has 2 aromatic carbocycles. The van der Waals surface area contributed by atoms with Gasteiger partial charge in [0, 0.05) is 23.7 Å². The van der Waals surface area contributed by atoms with E-state index in [1.54, 1.807) is 37.3 Å². The van der Waals surface area contributed by atoms with Gasteiger partial charge in [0.15, 0.2) is 11.5 Å². The smallest absolute Gasteiger partial charge is 0.244 e. The van der Waals surface area contributed by atoms with Gasteiger partial charge in [-0.25, -0.2) is 8.42 Å². The van der Waals surface area contributed by atoms with Crippen LogP contribution in [-0.4, -0.2) is 64.2 Å². The van der Waals surface area contributed by atoms with Crippen LogP contribution in [0, 0.1) is 0 Å². The second kappa shape index (κ2) is 13.5. The summed E-state index contributed by atoms with van der Waals surface area (Å²) in [4.78, 5) is 28.3. The van der Waals surface area contributed by atoms with Crippen molar-refractivity contribution in [1.82, 2.24) is 10.2 Å². The Morgan fingerprint density at radius 2 is 1.68 bits per heavy atom. The number of rotatable bonds is 13. The molecule has 0 radical (unpaired) electrons. The van der Waals surface area contributed by atoms with E-state index in [9.17, 15) is 18.0 Å². The first kappa shape index (κ1) is 30.2. The number of benzene rings is 2. The molecule has 0 bridgehead atoms. The third kappa shape index (κ3) is 8.00.